The molecule has 0 aliphatic carbocycles. The molecule has 0 saturated heterocycles. The lowest BCUT2D eigenvalue weighted by atomic mass is 10.1. The first-order valence-corrected chi connectivity index (χ1v) is 12.8. The molecule has 3 rings (SSSR count). The highest BCUT2D eigenvalue weighted by Gasteiger charge is 2.24. The molecule has 0 bridgehead atoms. The monoisotopic (exact) mass is 525 g/mol. The van der Waals surface area contributed by atoms with E-state index in [-0.39, 0.29) is 24.3 Å². The molecule has 1 aromatic heterocycles. The highest BCUT2D eigenvalue weighted by molar-refractivity contribution is 6.31. The largest absolute Gasteiger partial charge is 0.497 e. The molecule has 37 heavy (non-hydrogen) atoms. The van der Waals surface area contributed by atoms with Crippen LogP contribution in [0.15, 0.2) is 60.8 Å². The lowest BCUT2D eigenvalue weighted by Gasteiger charge is -2.29. The number of likely N-dealkylation sites (N-methyl/N-ethyl adjacent to an activating group) is 1. The summed E-state index contributed by atoms with van der Waals surface area (Å²) < 4.78 is 12.7. The average Bonchev–Trinajstić information content (AvgIpc) is 3.33. The van der Waals surface area contributed by atoms with Crippen LogP contribution in [0.4, 0.5) is 0 Å². The van der Waals surface area contributed by atoms with Crippen LogP contribution in [0.3, 0.4) is 0 Å². The molecule has 8 heteroatoms. The van der Waals surface area contributed by atoms with E-state index in [1.165, 1.54) is 14.2 Å². The fourth-order valence-electron chi connectivity index (χ4n) is 4.15. The molecule has 0 atom stereocenters. The number of carbonyl (C=O) groups is 2. The van der Waals surface area contributed by atoms with Gasteiger partial charge >= 0.3 is 0 Å². The number of nitrogens with zero attached hydrogens (tertiary/aromatic N) is 3. The van der Waals surface area contributed by atoms with Gasteiger partial charge in [0.05, 0.1) is 20.8 Å². The van der Waals surface area contributed by atoms with Gasteiger partial charge in [-0.1, -0.05) is 43.6 Å². The second kappa shape index (κ2) is 13.2. The van der Waals surface area contributed by atoms with E-state index in [0.29, 0.717) is 48.3 Å². The maximum absolute atomic E-state index is 13.5. The third kappa shape index (κ3) is 7.52. The number of aromatic nitrogens is 1. The summed E-state index contributed by atoms with van der Waals surface area (Å²) in [6, 6.07) is 16.8. The molecule has 0 unspecified atom stereocenters. The minimum absolute atomic E-state index is 0.0210. The number of carbonyl (C=O) groups excluding carboxylic acids is 2. The van der Waals surface area contributed by atoms with E-state index in [1.54, 1.807) is 23.1 Å². The first kappa shape index (κ1) is 28.1. The van der Waals surface area contributed by atoms with Crippen LogP contribution in [-0.4, -0.2) is 60.0 Å². The second-order valence-electron chi connectivity index (χ2n) is 9.31. The molecule has 0 fully saturated rings. The number of rotatable bonds is 12. The Balaban J connectivity index is 1.78. The van der Waals surface area contributed by atoms with E-state index in [9.17, 15) is 9.59 Å². The summed E-state index contributed by atoms with van der Waals surface area (Å²) in [5.74, 6) is 0.949. The Kier molecular flexibility index (Phi) is 10.0. The van der Waals surface area contributed by atoms with E-state index in [2.05, 4.69) is 18.4 Å². The Morgan fingerprint density at radius 2 is 1.65 bits per heavy atom. The standard InChI is InChI=1S/C29H36ClN3O4/c1-6-31(29(35)23-14-25(36-4)16-26(15-23)37-5)20-28(34)33(17-21(2)3)19-24-11-9-13-32(24)18-22-10-7-8-12-27(22)30/h7-16,21H,6,17-20H2,1-5H3. The van der Waals surface area contributed by atoms with E-state index in [0.717, 1.165) is 11.3 Å². The van der Waals surface area contributed by atoms with Gasteiger partial charge in [0.2, 0.25) is 5.91 Å². The summed E-state index contributed by atoms with van der Waals surface area (Å²) in [6.07, 6.45) is 1.99. The number of hydrogen-bond acceptors (Lipinski definition) is 4. The van der Waals surface area contributed by atoms with Crippen LogP contribution in [0.1, 0.15) is 42.4 Å². The van der Waals surface area contributed by atoms with Crippen molar-refractivity contribution >= 4 is 23.4 Å². The quantitative estimate of drug-likeness (QED) is 0.319. The van der Waals surface area contributed by atoms with Crippen molar-refractivity contribution in [2.75, 3.05) is 33.9 Å². The molecule has 0 N–H and O–H groups in total. The Morgan fingerprint density at radius 1 is 0.973 bits per heavy atom. The van der Waals surface area contributed by atoms with Crippen molar-refractivity contribution in [1.82, 2.24) is 14.4 Å². The van der Waals surface area contributed by atoms with Crippen LogP contribution < -0.4 is 9.47 Å². The Morgan fingerprint density at radius 3 is 2.24 bits per heavy atom. The highest BCUT2D eigenvalue weighted by Crippen LogP contribution is 2.24. The van der Waals surface area contributed by atoms with Crippen LogP contribution in [0.25, 0.3) is 0 Å². The number of hydrogen-bond donors (Lipinski definition) is 0. The number of benzene rings is 2. The van der Waals surface area contributed by atoms with Crippen molar-refractivity contribution in [1.29, 1.82) is 0 Å². The van der Waals surface area contributed by atoms with Gasteiger partial charge in [0.25, 0.3) is 5.91 Å². The molecule has 2 aromatic carbocycles. The smallest absolute Gasteiger partial charge is 0.254 e. The minimum atomic E-state index is -0.250. The van der Waals surface area contributed by atoms with Crippen LogP contribution in [0.2, 0.25) is 5.02 Å². The lowest BCUT2D eigenvalue weighted by Crippen LogP contribution is -2.44. The van der Waals surface area contributed by atoms with Crippen LogP contribution >= 0.6 is 11.6 Å². The van der Waals surface area contributed by atoms with Gasteiger partial charge in [-0.3, -0.25) is 9.59 Å². The van der Waals surface area contributed by atoms with Crippen molar-refractivity contribution in [3.05, 3.63) is 82.6 Å². The number of halogens is 1. The zero-order valence-electron chi connectivity index (χ0n) is 22.2. The van der Waals surface area contributed by atoms with Gasteiger partial charge in [0.1, 0.15) is 18.0 Å². The van der Waals surface area contributed by atoms with Gasteiger partial charge in [-0.25, -0.2) is 0 Å². The SMILES string of the molecule is CCN(CC(=O)N(Cc1cccn1Cc1ccccc1Cl)CC(C)C)C(=O)c1cc(OC)cc(OC)c1. The molecule has 1 heterocycles. The van der Waals surface area contributed by atoms with Gasteiger partial charge in [-0.2, -0.15) is 0 Å². The summed E-state index contributed by atoms with van der Waals surface area (Å²) in [5.41, 5.74) is 2.43. The Bertz CT molecular complexity index is 1190. The normalized spacial score (nSPS) is 10.9. The highest BCUT2D eigenvalue weighted by atomic mass is 35.5. The lowest BCUT2D eigenvalue weighted by molar-refractivity contribution is -0.133. The fraction of sp³-hybridized carbons (Fsp3) is 0.379. The molecular weight excluding hydrogens is 490 g/mol. The van der Waals surface area contributed by atoms with Gasteiger partial charge in [-0.15, -0.1) is 0 Å². The zero-order valence-corrected chi connectivity index (χ0v) is 23.0. The number of amides is 2. The first-order valence-electron chi connectivity index (χ1n) is 12.4. The maximum Gasteiger partial charge on any atom is 0.254 e. The molecule has 3 aromatic rings. The van der Waals surface area contributed by atoms with Crippen molar-refractivity contribution in [2.45, 2.75) is 33.9 Å². The molecule has 0 aliphatic rings. The predicted molar refractivity (Wildman–Crippen MR) is 146 cm³/mol. The second-order valence-corrected chi connectivity index (χ2v) is 9.71. The third-order valence-electron chi connectivity index (χ3n) is 6.11. The van der Waals surface area contributed by atoms with E-state index >= 15 is 0 Å². The van der Waals surface area contributed by atoms with E-state index in [4.69, 9.17) is 21.1 Å². The Labute approximate surface area is 224 Å². The van der Waals surface area contributed by atoms with E-state index < -0.39 is 0 Å². The summed E-state index contributed by atoms with van der Waals surface area (Å²) in [7, 11) is 3.07. The summed E-state index contributed by atoms with van der Waals surface area (Å²) in [5, 5.41) is 0.712. The molecule has 2 amide bonds. The molecular formula is C29H36ClN3O4. The summed E-state index contributed by atoms with van der Waals surface area (Å²) >= 11 is 6.38. The maximum atomic E-state index is 13.5. The number of ether oxygens (including phenoxy) is 2. The van der Waals surface area contributed by atoms with Gasteiger partial charge < -0.3 is 23.8 Å². The van der Waals surface area contributed by atoms with Crippen LogP contribution in [0, 0.1) is 5.92 Å². The van der Waals surface area contributed by atoms with Crippen LogP contribution in [0.5, 0.6) is 11.5 Å². The molecule has 0 spiro atoms. The summed E-state index contributed by atoms with van der Waals surface area (Å²) in [4.78, 5) is 30.2. The van der Waals surface area contributed by atoms with Gasteiger partial charge in [0, 0.05) is 48.2 Å². The van der Waals surface area contributed by atoms with Gasteiger partial charge in [0.15, 0.2) is 0 Å². The predicted octanol–water partition coefficient (Wildman–Crippen LogP) is 5.35. The zero-order chi connectivity index (χ0) is 26.9. The van der Waals surface area contributed by atoms with E-state index in [1.807, 2.05) is 54.4 Å². The molecule has 0 radical (unpaired) electrons. The van der Waals surface area contributed by atoms with Crippen molar-refractivity contribution < 1.29 is 19.1 Å². The van der Waals surface area contributed by atoms with Crippen molar-refractivity contribution in [3.8, 4) is 11.5 Å². The minimum Gasteiger partial charge on any atom is -0.497 e. The average molecular weight is 526 g/mol. The fourth-order valence-corrected chi connectivity index (χ4v) is 4.35. The molecule has 198 valence electrons. The third-order valence-corrected chi connectivity index (χ3v) is 6.48. The van der Waals surface area contributed by atoms with Crippen molar-refractivity contribution in [3.63, 3.8) is 0 Å². The molecule has 0 saturated carbocycles. The topological polar surface area (TPSA) is 64.0 Å². The van der Waals surface area contributed by atoms with Gasteiger partial charge in [-0.05, 0) is 48.7 Å². The summed E-state index contributed by atoms with van der Waals surface area (Å²) in [6.45, 7) is 8.02. The number of methoxy groups -OCH3 is 2. The molecule has 7 nitrogen and oxygen atoms in total. The molecule has 0 aliphatic heterocycles. The van der Waals surface area contributed by atoms with Crippen LogP contribution in [-0.2, 0) is 17.9 Å². The van der Waals surface area contributed by atoms with Crippen molar-refractivity contribution in [2.24, 2.45) is 5.92 Å². The Hall–Kier alpha value is -3.45. The first-order chi connectivity index (χ1) is 17.7.